The van der Waals surface area contributed by atoms with Crippen molar-refractivity contribution in [2.75, 3.05) is 27.9 Å². The second-order valence-corrected chi connectivity index (χ2v) is 8.07. The standard InChI is InChI=1S/C28H27NO6/c1-33-21-11-7-10-20(17-21)25-24(26(30)19-8-5-4-6-9-19)27(31)28(32)29(25)15-14-18-12-13-22(34-2)23(16-18)35-3/h4-13,16-17,25,30H,14-15H2,1-3H3. The van der Waals surface area contributed by atoms with Gasteiger partial charge < -0.3 is 24.2 Å². The lowest BCUT2D eigenvalue weighted by molar-refractivity contribution is -0.139. The lowest BCUT2D eigenvalue weighted by Crippen LogP contribution is -2.31. The van der Waals surface area contributed by atoms with Crippen LogP contribution in [0.4, 0.5) is 0 Å². The molecule has 0 radical (unpaired) electrons. The highest BCUT2D eigenvalue weighted by Gasteiger charge is 2.45. The molecule has 1 fully saturated rings. The molecule has 3 aromatic rings. The van der Waals surface area contributed by atoms with Crippen LogP contribution in [0.1, 0.15) is 22.7 Å². The van der Waals surface area contributed by atoms with Crippen LogP contribution in [0.25, 0.3) is 5.76 Å². The quantitative estimate of drug-likeness (QED) is 0.297. The van der Waals surface area contributed by atoms with E-state index < -0.39 is 17.7 Å². The molecule has 0 saturated carbocycles. The minimum atomic E-state index is -0.759. The van der Waals surface area contributed by atoms with Crippen LogP contribution in [0.15, 0.2) is 78.4 Å². The Balaban J connectivity index is 1.75. The molecule has 1 unspecified atom stereocenters. The number of nitrogens with zero attached hydrogens (tertiary/aromatic N) is 1. The maximum absolute atomic E-state index is 13.2. The highest BCUT2D eigenvalue weighted by atomic mass is 16.5. The predicted molar refractivity (Wildman–Crippen MR) is 132 cm³/mol. The van der Waals surface area contributed by atoms with Crippen molar-refractivity contribution in [3.05, 3.63) is 95.1 Å². The van der Waals surface area contributed by atoms with Gasteiger partial charge in [-0.3, -0.25) is 9.59 Å². The number of rotatable bonds is 8. The SMILES string of the molecule is COc1cccc(C2C(=C(O)c3ccccc3)C(=O)C(=O)N2CCc2ccc(OC)c(OC)c2)c1. The Morgan fingerprint density at radius 3 is 2.29 bits per heavy atom. The summed E-state index contributed by atoms with van der Waals surface area (Å²) in [5, 5.41) is 11.1. The van der Waals surface area contributed by atoms with E-state index in [4.69, 9.17) is 14.2 Å². The molecule has 7 heteroatoms. The largest absolute Gasteiger partial charge is 0.507 e. The number of carbonyl (C=O) groups excluding carboxylic acids is 2. The molecule has 1 N–H and O–H groups in total. The number of hydrogen-bond acceptors (Lipinski definition) is 6. The minimum Gasteiger partial charge on any atom is -0.507 e. The van der Waals surface area contributed by atoms with E-state index in [0.717, 1.165) is 5.56 Å². The fraction of sp³-hybridized carbons (Fsp3) is 0.214. The van der Waals surface area contributed by atoms with E-state index in [0.29, 0.717) is 34.8 Å². The topological polar surface area (TPSA) is 85.3 Å². The number of likely N-dealkylation sites (tertiary alicyclic amines) is 1. The summed E-state index contributed by atoms with van der Waals surface area (Å²) in [4.78, 5) is 27.9. The molecule has 1 atom stereocenters. The average Bonchev–Trinajstić information content (AvgIpc) is 3.16. The van der Waals surface area contributed by atoms with Gasteiger partial charge in [-0.2, -0.15) is 0 Å². The summed E-state index contributed by atoms with van der Waals surface area (Å²) in [6.45, 7) is 0.257. The molecule has 0 aromatic heterocycles. The molecule has 0 spiro atoms. The van der Waals surface area contributed by atoms with Crippen molar-refractivity contribution in [3.8, 4) is 17.2 Å². The molecular formula is C28H27NO6. The van der Waals surface area contributed by atoms with Crippen LogP contribution in [0, 0.1) is 0 Å². The van der Waals surface area contributed by atoms with Crippen molar-refractivity contribution in [3.63, 3.8) is 0 Å². The summed E-state index contributed by atoms with van der Waals surface area (Å²) in [6.07, 6.45) is 0.471. The first kappa shape index (κ1) is 23.9. The first-order chi connectivity index (χ1) is 17.0. The summed E-state index contributed by atoms with van der Waals surface area (Å²) in [5.41, 5.74) is 2.12. The molecular weight excluding hydrogens is 446 g/mol. The lowest BCUT2D eigenvalue weighted by atomic mass is 9.95. The number of methoxy groups -OCH3 is 3. The van der Waals surface area contributed by atoms with Gasteiger partial charge in [0.25, 0.3) is 11.7 Å². The zero-order valence-electron chi connectivity index (χ0n) is 19.9. The van der Waals surface area contributed by atoms with Crippen LogP contribution in [0.3, 0.4) is 0 Å². The Bertz CT molecular complexity index is 1270. The number of amides is 1. The van der Waals surface area contributed by atoms with Crippen LogP contribution >= 0.6 is 0 Å². The van der Waals surface area contributed by atoms with Crippen molar-refractivity contribution in [1.82, 2.24) is 4.90 Å². The second kappa shape index (κ2) is 10.3. The Hall–Kier alpha value is -4.26. The first-order valence-corrected chi connectivity index (χ1v) is 11.2. The average molecular weight is 474 g/mol. The molecule has 1 heterocycles. The number of aliphatic hydroxyl groups excluding tert-OH is 1. The van der Waals surface area contributed by atoms with E-state index in [2.05, 4.69) is 0 Å². The van der Waals surface area contributed by atoms with E-state index in [1.807, 2.05) is 24.3 Å². The Morgan fingerprint density at radius 2 is 1.60 bits per heavy atom. The van der Waals surface area contributed by atoms with E-state index in [1.54, 1.807) is 69.9 Å². The van der Waals surface area contributed by atoms with Gasteiger partial charge in [0.1, 0.15) is 11.5 Å². The van der Waals surface area contributed by atoms with Crippen LogP contribution in [0.5, 0.6) is 17.2 Å². The van der Waals surface area contributed by atoms with E-state index in [1.165, 1.54) is 4.90 Å². The van der Waals surface area contributed by atoms with Gasteiger partial charge >= 0.3 is 0 Å². The highest BCUT2D eigenvalue weighted by Crippen LogP contribution is 2.40. The Kier molecular flexibility index (Phi) is 7.06. The predicted octanol–water partition coefficient (Wildman–Crippen LogP) is 4.38. The number of hydrogen-bond donors (Lipinski definition) is 1. The Morgan fingerprint density at radius 1 is 0.857 bits per heavy atom. The van der Waals surface area contributed by atoms with Crippen molar-refractivity contribution in [1.29, 1.82) is 0 Å². The lowest BCUT2D eigenvalue weighted by Gasteiger charge is -2.26. The monoisotopic (exact) mass is 473 g/mol. The van der Waals surface area contributed by atoms with E-state index in [-0.39, 0.29) is 17.9 Å². The van der Waals surface area contributed by atoms with Gasteiger partial charge in [-0.1, -0.05) is 48.5 Å². The summed E-state index contributed by atoms with van der Waals surface area (Å²) in [7, 11) is 4.68. The molecule has 4 rings (SSSR count). The number of ketones is 1. The third-order valence-corrected chi connectivity index (χ3v) is 6.09. The molecule has 1 aliphatic rings. The van der Waals surface area contributed by atoms with Gasteiger partial charge in [-0.05, 0) is 41.8 Å². The Labute approximate surface area is 204 Å². The molecule has 1 aliphatic heterocycles. The normalized spacial score (nSPS) is 16.9. The van der Waals surface area contributed by atoms with Crippen LogP contribution in [0.2, 0.25) is 0 Å². The highest BCUT2D eigenvalue weighted by molar-refractivity contribution is 6.46. The van der Waals surface area contributed by atoms with Gasteiger partial charge in [0, 0.05) is 12.1 Å². The number of carbonyl (C=O) groups is 2. The fourth-order valence-corrected chi connectivity index (χ4v) is 4.31. The second-order valence-electron chi connectivity index (χ2n) is 8.07. The maximum atomic E-state index is 13.2. The number of ether oxygens (including phenoxy) is 3. The smallest absolute Gasteiger partial charge is 0.295 e. The molecule has 3 aromatic carbocycles. The van der Waals surface area contributed by atoms with Crippen LogP contribution < -0.4 is 14.2 Å². The first-order valence-electron chi connectivity index (χ1n) is 11.2. The molecule has 0 aliphatic carbocycles. The van der Waals surface area contributed by atoms with E-state index >= 15 is 0 Å². The van der Waals surface area contributed by atoms with Crippen molar-refractivity contribution < 1.29 is 28.9 Å². The van der Waals surface area contributed by atoms with Crippen molar-refractivity contribution in [2.24, 2.45) is 0 Å². The molecule has 0 bridgehead atoms. The van der Waals surface area contributed by atoms with Gasteiger partial charge in [0.15, 0.2) is 11.5 Å². The number of aliphatic hydroxyl groups is 1. The zero-order valence-corrected chi connectivity index (χ0v) is 19.9. The minimum absolute atomic E-state index is 0.0572. The van der Waals surface area contributed by atoms with Gasteiger partial charge in [-0.25, -0.2) is 0 Å². The molecule has 7 nitrogen and oxygen atoms in total. The van der Waals surface area contributed by atoms with E-state index in [9.17, 15) is 14.7 Å². The van der Waals surface area contributed by atoms with Gasteiger partial charge in [-0.15, -0.1) is 0 Å². The molecule has 180 valence electrons. The zero-order chi connectivity index (χ0) is 24.9. The summed E-state index contributed by atoms with van der Waals surface area (Å²) >= 11 is 0. The van der Waals surface area contributed by atoms with Crippen LogP contribution in [-0.4, -0.2) is 49.6 Å². The summed E-state index contributed by atoms with van der Waals surface area (Å²) < 4.78 is 16.1. The van der Waals surface area contributed by atoms with Gasteiger partial charge in [0.05, 0.1) is 32.9 Å². The summed E-state index contributed by atoms with van der Waals surface area (Å²) in [6, 6.07) is 20.7. The molecule has 1 amide bonds. The maximum Gasteiger partial charge on any atom is 0.295 e. The van der Waals surface area contributed by atoms with Crippen molar-refractivity contribution in [2.45, 2.75) is 12.5 Å². The van der Waals surface area contributed by atoms with Gasteiger partial charge in [0.2, 0.25) is 0 Å². The molecule has 1 saturated heterocycles. The number of Topliss-reactive ketones (excluding diaryl/α,β-unsaturated/α-hetero) is 1. The number of benzene rings is 3. The fourth-order valence-electron chi connectivity index (χ4n) is 4.31. The molecule has 35 heavy (non-hydrogen) atoms. The van der Waals surface area contributed by atoms with Crippen molar-refractivity contribution >= 4 is 17.4 Å². The summed E-state index contributed by atoms with van der Waals surface area (Å²) in [5.74, 6) is 0.205. The van der Waals surface area contributed by atoms with Crippen LogP contribution in [-0.2, 0) is 16.0 Å². The third kappa shape index (κ3) is 4.71. The third-order valence-electron chi connectivity index (χ3n) is 6.09.